The Morgan fingerprint density at radius 2 is 2.00 bits per heavy atom. The number of hydrogen-bond donors (Lipinski definition) is 1. The minimum absolute atomic E-state index is 0.0571. The van der Waals surface area contributed by atoms with Gasteiger partial charge in [0.25, 0.3) is 0 Å². The monoisotopic (exact) mass is 403 g/mol. The number of methoxy groups -OCH3 is 2. The lowest BCUT2D eigenvalue weighted by Gasteiger charge is -2.14. The van der Waals surface area contributed by atoms with Crippen molar-refractivity contribution in [3.05, 3.63) is 77.4 Å². The number of fused-ring (bicyclic) bond motifs is 1. The number of amides is 1. The molecule has 1 atom stereocenters. The van der Waals surface area contributed by atoms with E-state index in [1.165, 1.54) is 11.1 Å². The number of ether oxygens (including phenoxy) is 2. The van der Waals surface area contributed by atoms with Gasteiger partial charge in [-0.3, -0.25) is 4.79 Å². The number of aryl methyl sites for hydroxylation is 2. The van der Waals surface area contributed by atoms with Gasteiger partial charge in [-0.2, -0.15) is 0 Å². The second-order valence-electron chi connectivity index (χ2n) is 7.32. The fourth-order valence-electron chi connectivity index (χ4n) is 3.88. The van der Waals surface area contributed by atoms with Gasteiger partial charge in [-0.05, 0) is 43.0 Å². The molecule has 2 aromatic carbocycles. The number of carbonyl (C=O) groups is 1. The van der Waals surface area contributed by atoms with Gasteiger partial charge in [0.15, 0.2) is 0 Å². The number of nitrogens with one attached hydrogen (secondary N) is 1. The molecule has 0 spiro atoms. The second kappa shape index (κ2) is 8.45. The molecule has 6 heteroatoms. The normalized spacial score (nSPS) is 15.2. The first-order valence-corrected chi connectivity index (χ1v) is 9.92. The molecule has 0 radical (unpaired) electrons. The summed E-state index contributed by atoms with van der Waals surface area (Å²) < 4.78 is 13.0. The summed E-state index contributed by atoms with van der Waals surface area (Å²) in [5.74, 6) is 1.18. The van der Waals surface area contributed by atoms with Crippen molar-refractivity contribution < 1.29 is 14.3 Å². The van der Waals surface area contributed by atoms with Crippen LogP contribution < -0.4 is 14.8 Å². The van der Waals surface area contributed by atoms with E-state index in [1.807, 2.05) is 42.0 Å². The van der Waals surface area contributed by atoms with Gasteiger partial charge in [0, 0.05) is 23.9 Å². The van der Waals surface area contributed by atoms with E-state index in [-0.39, 0.29) is 11.9 Å². The van der Waals surface area contributed by atoms with Crippen molar-refractivity contribution in [2.24, 2.45) is 0 Å². The van der Waals surface area contributed by atoms with E-state index in [0.717, 1.165) is 29.8 Å². The van der Waals surface area contributed by atoms with Gasteiger partial charge in [0.05, 0.1) is 38.0 Å². The zero-order valence-electron chi connectivity index (χ0n) is 17.4. The molecule has 30 heavy (non-hydrogen) atoms. The van der Waals surface area contributed by atoms with Crippen LogP contribution in [0.2, 0.25) is 0 Å². The molecule has 1 aliphatic rings. The maximum absolute atomic E-state index is 12.5. The lowest BCUT2D eigenvalue weighted by Crippen LogP contribution is -2.25. The van der Waals surface area contributed by atoms with E-state index < -0.39 is 0 Å². The molecule has 1 aromatic heterocycles. The van der Waals surface area contributed by atoms with E-state index in [9.17, 15) is 4.79 Å². The SMILES string of the molecule is COc1cc(-n2cnc(C)c2)c(OC)cc1/C=C/C(=O)NC1CCc2ccccc21. The van der Waals surface area contributed by atoms with Crippen LogP contribution in [0.3, 0.4) is 0 Å². The summed E-state index contributed by atoms with van der Waals surface area (Å²) in [6.45, 7) is 1.93. The Bertz CT molecular complexity index is 1100. The first kappa shape index (κ1) is 19.8. The van der Waals surface area contributed by atoms with E-state index in [4.69, 9.17) is 9.47 Å². The smallest absolute Gasteiger partial charge is 0.244 e. The molecule has 0 saturated carbocycles. The highest BCUT2D eigenvalue weighted by atomic mass is 16.5. The second-order valence-corrected chi connectivity index (χ2v) is 7.32. The zero-order valence-corrected chi connectivity index (χ0v) is 17.4. The molecule has 1 heterocycles. The van der Waals surface area contributed by atoms with Crippen molar-refractivity contribution in [1.29, 1.82) is 0 Å². The predicted octanol–water partition coefficient (Wildman–Crippen LogP) is 4.01. The first-order valence-electron chi connectivity index (χ1n) is 9.92. The maximum Gasteiger partial charge on any atom is 0.244 e. The van der Waals surface area contributed by atoms with Crippen molar-refractivity contribution in [1.82, 2.24) is 14.9 Å². The van der Waals surface area contributed by atoms with Gasteiger partial charge in [-0.1, -0.05) is 24.3 Å². The van der Waals surface area contributed by atoms with Crippen molar-refractivity contribution in [2.45, 2.75) is 25.8 Å². The molecule has 1 amide bonds. The van der Waals surface area contributed by atoms with Crippen molar-refractivity contribution in [3.8, 4) is 17.2 Å². The Morgan fingerprint density at radius 3 is 2.73 bits per heavy atom. The van der Waals surface area contributed by atoms with E-state index >= 15 is 0 Å². The molecular weight excluding hydrogens is 378 g/mol. The van der Waals surface area contributed by atoms with Crippen LogP contribution in [-0.2, 0) is 11.2 Å². The lowest BCUT2D eigenvalue weighted by atomic mass is 10.1. The summed E-state index contributed by atoms with van der Waals surface area (Å²) in [6.07, 6.45) is 8.86. The minimum Gasteiger partial charge on any atom is -0.496 e. The topological polar surface area (TPSA) is 65.4 Å². The summed E-state index contributed by atoms with van der Waals surface area (Å²) >= 11 is 0. The summed E-state index contributed by atoms with van der Waals surface area (Å²) in [6, 6.07) is 12.1. The molecular formula is C24H25N3O3. The Morgan fingerprint density at radius 1 is 1.20 bits per heavy atom. The molecule has 1 unspecified atom stereocenters. The Kier molecular flexibility index (Phi) is 5.57. The molecule has 6 nitrogen and oxygen atoms in total. The molecule has 3 aromatic rings. The minimum atomic E-state index is -0.132. The van der Waals surface area contributed by atoms with Crippen LogP contribution in [0.15, 0.2) is 55.0 Å². The van der Waals surface area contributed by atoms with Gasteiger partial charge in [-0.25, -0.2) is 4.98 Å². The fraction of sp³-hybridized carbons (Fsp3) is 0.250. The zero-order chi connectivity index (χ0) is 21.1. The summed E-state index contributed by atoms with van der Waals surface area (Å²) in [5.41, 5.74) is 5.00. The van der Waals surface area contributed by atoms with Crippen molar-refractivity contribution in [2.75, 3.05) is 14.2 Å². The third-order valence-electron chi connectivity index (χ3n) is 5.38. The highest BCUT2D eigenvalue weighted by Crippen LogP contribution is 2.33. The molecule has 1 N–H and O–H groups in total. The van der Waals surface area contributed by atoms with Crippen molar-refractivity contribution in [3.63, 3.8) is 0 Å². The predicted molar refractivity (Wildman–Crippen MR) is 116 cm³/mol. The number of aromatic nitrogens is 2. The summed E-state index contributed by atoms with van der Waals surface area (Å²) in [7, 11) is 3.23. The van der Waals surface area contributed by atoms with Gasteiger partial charge in [-0.15, -0.1) is 0 Å². The maximum atomic E-state index is 12.5. The average molecular weight is 403 g/mol. The summed E-state index contributed by atoms with van der Waals surface area (Å²) in [4.78, 5) is 16.8. The van der Waals surface area contributed by atoms with Crippen LogP contribution in [0, 0.1) is 6.92 Å². The van der Waals surface area contributed by atoms with E-state index in [0.29, 0.717) is 11.5 Å². The Labute approximate surface area is 176 Å². The highest BCUT2D eigenvalue weighted by Gasteiger charge is 2.22. The molecule has 154 valence electrons. The number of carbonyl (C=O) groups excluding carboxylic acids is 1. The molecule has 0 bridgehead atoms. The third kappa shape index (κ3) is 3.94. The number of hydrogen-bond acceptors (Lipinski definition) is 4. The number of rotatable bonds is 6. The Hall–Kier alpha value is -3.54. The highest BCUT2D eigenvalue weighted by molar-refractivity contribution is 5.92. The van der Waals surface area contributed by atoms with Crippen molar-refractivity contribution >= 4 is 12.0 Å². The largest absolute Gasteiger partial charge is 0.496 e. The van der Waals surface area contributed by atoms with Gasteiger partial charge in [0.1, 0.15) is 11.5 Å². The van der Waals surface area contributed by atoms with Gasteiger partial charge in [0.2, 0.25) is 5.91 Å². The van der Waals surface area contributed by atoms with E-state index in [1.54, 1.807) is 32.7 Å². The van der Waals surface area contributed by atoms with Gasteiger partial charge < -0.3 is 19.4 Å². The summed E-state index contributed by atoms with van der Waals surface area (Å²) in [5, 5.41) is 3.10. The van der Waals surface area contributed by atoms with E-state index in [2.05, 4.69) is 22.4 Å². The quantitative estimate of drug-likeness (QED) is 0.632. The number of benzene rings is 2. The molecule has 0 fully saturated rings. The van der Waals surface area contributed by atoms with Crippen LogP contribution >= 0.6 is 0 Å². The standard InChI is InChI=1S/C24H25N3O3/c1-16-14-27(15-25-16)21-13-22(29-2)18(12-23(21)30-3)9-11-24(28)26-20-10-8-17-6-4-5-7-19(17)20/h4-7,9,11-15,20H,8,10H2,1-3H3,(H,26,28)/b11-9+. The van der Waals surface area contributed by atoms with Crippen LogP contribution in [-0.4, -0.2) is 29.7 Å². The third-order valence-corrected chi connectivity index (χ3v) is 5.38. The molecule has 0 saturated heterocycles. The molecule has 4 rings (SSSR count). The first-order chi connectivity index (χ1) is 14.6. The van der Waals surface area contributed by atoms with Crippen LogP contribution in [0.25, 0.3) is 11.8 Å². The lowest BCUT2D eigenvalue weighted by molar-refractivity contribution is -0.117. The number of nitrogens with zero attached hydrogens (tertiary/aromatic N) is 2. The van der Waals surface area contributed by atoms with Crippen LogP contribution in [0.1, 0.15) is 34.8 Å². The van der Waals surface area contributed by atoms with Gasteiger partial charge >= 0.3 is 0 Å². The molecule has 1 aliphatic carbocycles. The molecule has 0 aliphatic heterocycles. The number of imidazole rings is 1. The average Bonchev–Trinajstić information content (AvgIpc) is 3.38. The Balaban J connectivity index is 1.55. The fourth-order valence-corrected chi connectivity index (χ4v) is 3.88. The van der Waals surface area contributed by atoms with Crippen LogP contribution in [0.5, 0.6) is 11.5 Å². The van der Waals surface area contributed by atoms with Crippen LogP contribution in [0.4, 0.5) is 0 Å².